The third-order valence-corrected chi connectivity index (χ3v) is 11.5. The zero-order chi connectivity index (χ0) is 44.2. The number of amides is 4. The molecule has 15 nitrogen and oxygen atoms in total. The minimum absolute atomic E-state index is 0.00656. The van der Waals surface area contributed by atoms with Crippen LogP contribution in [0, 0.1) is 0 Å². The van der Waals surface area contributed by atoms with E-state index < -0.39 is 61.1 Å². The fourth-order valence-electron chi connectivity index (χ4n) is 7.59. The van der Waals surface area contributed by atoms with Crippen LogP contribution in [0.5, 0.6) is 0 Å². The summed E-state index contributed by atoms with van der Waals surface area (Å²) in [6, 6.07) is -1.63. The number of carbonyl (C=O) groups is 4. The molecule has 4 amide bonds. The molecule has 352 valence electrons. The molecule has 15 heteroatoms. The highest BCUT2D eigenvalue weighted by Gasteiger charge is 2.44. The van der Waals surface area contributed by atoms with Crippen LogP contribution in [0.4, 0.5) is 0 Å². The molecule has 0 saturated carbocycles. The van der Waals surface area contributed by atoms with Crippen molar-refractivity contribution in [1.82, 2.24) is 21.0 Å². The number of rotatable bonds is 39. The number of hydrogen-bond donors (Lipinski definition) is 8. The Kier molecular flexibility index (Phi) is 34.5. The van der Waals surface area contributed by atoms with Gasteiger partial charge in [-0.2, -0.15) is 0 Å². The number of hydrazine groups is 1. The van der Waals surface area contributed by atoms with E-state index in [4.69, 9.17) is 15.3 Å². The van der Waals surface area contributed by atoms with Crippen LogP contribution in [0.15, 0.2) is 0 Å². The van der Waals surface area contributed by atoms with Gasteiger partial charge in [-0.3, -0.25) is 24.6 Å². The molecule has 1 fully saturated rings. The van der Waals surface area contributed by atoms with Gasteiger partial charge in [0.05, 0.1) is 13.2 Å². The summed E-state index contributed by atoms with van der Waals surface area (Å²) in [7, 11) is 0. The number of carbonyl (C=O) groups excluding carboxylic acids is 4. The topological polar surface area (TPSA) is 233 Å². The molecular formula is C45H87N5O10. The lowest BCUT2D eigenvalue weighted by atomic mass is 9.99. The molecule has 1 aliphatic heterocycles. The number of hydrogen-bond acceptors (Lipinski definition) is 11. The minimum atomic E-state index is -1.63. The average molecular weight is 858 g/mol. The number of unbranched alkanes of at least 4 members (excludes halogenated alkanes) is 23. The minimum Gasteiger partial charge on any atom is -0.394 e. The molecule has 0 aromatic rings. The van der Waals surface area contributed by atoms with Gasteiger partial charge in [-0.15, -0.1) is 0 Å². The summed E-state index contributed by atoms with van der Waals surface area (Å²) < 4.78 is 10.6. The first-order chi connectivity index (χ1) is 29.1. The van der Waals surface area contributed by atoms with E-state index in [9.17, 15) is 39.6 Å². The number of ether oxygens (including phenoxy) is 2. The Bertz CT molecular complexity index is 1070. The van der Waals surface area contributed by atoms with E-state index in [-0.39, 0.29) is 25.5 Å². The standard InChI is InChI=1S/C45H87N5O10/c1-3-5-7-9-11-13-15-17-19-21-23-27-32-50(33-28-24-22-20-18-16-14-12-10-8-6-4-2)38(53)30-26-25-29-37(52)48-39(44(58)49-46)43(57)47-31-34-59-45-42(56)41(55)40(54)36(35-51)60-45/h36,39-42,45,51,54-56H,3-35,46H2,1-2H3,(H,47,57)(H,48,52)(H,49,58)/t36-,39+,40-,41+,42-,45-/m1/s1. The van der Waals surface area contributed by atoms with Crippen LogP contribution in [0.1, 0.15) is 194 Å². The largest absolute Gasteiger partial charge is 0.394 e. The Morgan fingerprint density at radius 1 is 0.617 bits per heavy atom. The van der Waals surface area contributed by atoms with Crippen molar-refractivity contribution in [1.29, 1.82) is 0 Å². The Labute approximate surface area is 362 Å². The van der Waals surface area contributed by atoms with Crippen molar-refractivity contribution in [3.8, 4) is 0 Å². The van der Waals surface area contributed by atoms with Crippen molar-refractivity contribution in [2.45, 2.75) is 230 Å². The van der Waals surface area contributed by atoms with Crippen LogP contribution in [-0.4, -0.2) is 119 Å². The zero-order valence-corrected chi connectivity index (χ0v) is 37.6. The lowest BCUT2D eigenvalue weighted by Gasteiger charge is -2.39. The van der Waals surface area contributed by atoms with E-state index in [0.717, 1.165) is 38.8 Å². The second-order valence-corrected chi connectivity index (χ2v) is 16.7. The van der Waals surface area contributed by atoms with Crippen LogP contribution in [0.3, 0.4) is 0 Å². The van der Waals surface area contributed by atoms with Crippen molar-refractivity contribution in [2.75, 3.05) is 32.8 Å². The Hall–Kier alpha value is -2.40. The first kappa shape index (κ1) is 55.6. The summed E-state index contributed by atoms with van der Waals surface area (Å²) in [6.07, 6.45) is 24.3. The summed E-state index contributed by atoms with van der Waals surface area (Å²) in [5.41, 5.74) is 1.88. The van der Waals surface area contributed by atoms with Gasteiger partial charge in [0.25, 0.3) is 11.8 Å². The molecule has 6 atom stereocenters. The number of nitrogens with one attached hydrogen (secondary N) is 3. The van der Waals surface area contributed by atoms with Crippen LogP contribution in [0.25, 0.3) is 0 Å². The van der Waals surface area contributed by atoms with Gasteiger partial charge in [0, 0.05) is 32.5 Å². The predicted molar refractivity (Wildman–Crippen MR) is 234 cm³/mol. The van der Waals surface area contributed by atoms with E-state index in [1.807, 2.05) is 10.3 Å². The summed E-state index contributed by atoms with van der Waals surface area (Å²) in [4.78, 5) is 53.4. The third-order valence-electron chi connectivity index (χ3n) is 11.5. The molecule has 0 aliphatic carbocycles. The van der Waals surface area contributed by atoms with Crippen molar-refractivity contribution >= 4 is 23.6 Å². The van der Waals surface area contributed by atoms with Gasteiger partial charge in [0.15, 0.2) is 12.3 Å². The van der Waals surface area contributed by atoms with Gasteiger partial charge in [0.2, 0.25) is 11.8 Å². The number of nitrogens with two attached hydrogens (primary N) is 1. The maximum absolute atomic E-state index is 13.4. The summed E-state index contributed by atoms with van der Waals surface area (Å²) in [6.45, 7) is 4.99. The van der Waals surface area contributed by atoms with Gasteiger partial charge in [-0.05, 0) is 25.7 Å². The molecule has 1 aliphatic rings. The predicted octanol–water partition coefficient (Wildman–Crippen LogP) is 5.19. The van der Waals surface area contributed by atoms with Crippen molar-refractivity contribution in [2.24, 2.45) is 5.84 Å². The van der Waals surface area contributed by atoms with Gasteiger partial charge in [-0.25, -0.2) is 5.84 Å². The van der Waals surface area contributed by atoms with E-state index in [2.05, 4.69) is 24.5 Å². The third kappa shape index (κ3) is 26.2. The molecule has 0 aromatic heterocycles. The fourth-order valence-corrected chi connectivity index (χ4v) is 7.59. The molecule has 0 aromatic carbocycles. The average Bonchev–Trinajstić information content (AvgIpc) is 3.25. The molecule has 1 heterocycles. The van der Waals surface area contributed by atoms with Crippen LogP contribution in [-0.2, 0) is 28.7 Å². The van der Waals surface area contributed by atoms with Gasteiger partial charge in [0.1, 0.15) is 24.4 Å². The van der Waals surface area contributed by atoms with Crippen LogP contribution >= 0.6 is 0 Å². The maximum atomic E-state index is 13.4. The first-order valence-corrected chi connectivity index (χ1v) is 23.9. The molecule has 0 spiro atoms. The molecule has 9 N–H and O–H groups in total. The Morgan fingerprint density at radius 3 is 1.52 bits per heavy atom. The SMILES string of the molecule is CCCCCCCCCCCCCCN(CCCCCCCCCCCCCC)C(=O)CCCCC(=O)N[C@H](C(=O)NN)C(=O)NCCO[C@@H]1O[C@H](CO)[C@@H](O)[C@H](O)[C@H]1O. The fraction of sp³-hybridized carbons (Fsp3) is 0.911. The summed E-state index contributed by atoms with van der Waals surface area (Å²) >= 11 is 0. The zero-order valence-electron chi connectivity index (χ0n) is 37.6. The number of aliphatic hydroxyl groups excluding tert-OH is 4. The maximum Gasteiger partial charge on any atom is 0.266 e. The normalized spacial score (nSPS) is 19.5. The van der Waals surface area contributed by atoms with E-state index >= 15 is 0 Å². The molecule has 0 radical (unpaired) electrons. The van der Waals surface area contributed by atoms with E-state index in [1.165, 1.54) is 128 Å². The highest BCUT2D eigenvalue weighted by atomic mass is 16.7. The second-order valence-electron chi connectivity index (χ2n) is 16.7. The van der Waals surface area contributed by atoms with Crippen LogP contribution in [0.2, 0.25) is 0 Å². The molecule has 0 unspecified atom stereocenters. The molecular weight excluding hydrogens is 771 g/mol. The van der Waals surface area contributed by atoms with Gasteiger partial charge in [-0.1, -0.05) is 155 Å². The van der Waals surface area contributed by atoms with Crippen LogP contribution < -0.4 is 21.9 Å². The lowest BCUT2D eigenvalue weighted by molar-refractivity contribution is -0.300. The smallest absolute Gasteiger partial charge is 0.266 e. The van der Waals surface area contributed by atoms with Crippen molar-refractivity contribution in [3.05, 3.63) is 0 Å². The number of nitrogens with zero attached hydrogens (tertiary/aromatic N) is 1. The monoisotopic (exact) mass is 858 g/mol. The van der Waals surface area contributed by atoms with E-state index in [0.29, 0.717) is 19.3 Å². The summed E-state index contributed by atoms with van der Waals surface area (Å²) in [5, 5.41) is 44.1. The van der Waals surface area contributed by atoms with Crippen molar-refractivity contribution in [3.63, 3.8) is 0 Å². The van der Waals surface area contributed by atoms with E-state index in [1.54, 1.807) is 0 Å². The Morgan fingerprint density at radius 2 is 1.07 bits per heavy atom. The van der Waals surface area contributed by atoms with Gasteiger partial charge < -0.3 is 45.4 Å². The lowest BCUT2D eigenvalue weighted by Crippen LogP contribution is -2.59. The highest BCUT2D eigenvalue weighted by molar-refractivity contribution is 6.06. The summed E-state index contributed by atoms with van der Waals surface area (Å²) in [5.74, 6) is 3.03. The highest BCUT2D eigenvalue weighted by Crippen LogP contribution is 2.22. The number of aliphatic hydroxyl groups is 4. The van der Waals surface area contributed by atoms with Gasteiger partial charge >= 0.3 is 0 Å². The van der Waals surface area contributed by atoms with Crippen molar-refractivity contribution < 1.29 is 49.1 Å². The molecule has 1 saturated heterocycles. The molecule has 60 heavy (non-hydrogen) atoms. The second kappa shape index (κ2) is 37.2. The Balaban J connectivity index is 2.48. The molecule has 0 bridgehead atoms. The first-order valence-electron chi connectivity index (χ1n) is 23.9. The molecule has 1 rings (SSSR count). The quantitative estimate of drug-likeness (QED) is 0.0132.